The second-order valence-corrected chi connectivity index (χ2v) is 11.7. The molecule has 1 unspecified atom stereocenters. The Bertz CT molecular complexity index is 1240. The molecule has 2 amide bonds. The molecule has 1 aromatic heterocycles. The summed E-state index contributed by atoms with van der Waals surface area (Å²) in [6.45, 7) is 8.45. The molecule has 3 aliphatic heterocycles. The molecule has 2 fully saturated rings. The Labute approximate surface area is 199 Å². The first-order valence-corrected chi connectivity index (χ1v) is 13.2. The van der Waals surface area contributed by atoms with Gasteiger partial charge >= 0.3 is 0 Å². The SMILES string of the molecule is Cc1noc(C)c1S(=O)(=O)N1CC2(C1)C(C(=O)N1CCCC1)c1ccccc1C(=O)N2C(C)C. The van der Waals surface area contributed by atoms with Crippen LogP contribution >= 0.6 is 0 Å². The van der Waals surface area contributed by atoms with Gasteiger partial charge in [-0.3, -0.25) is 9.59 Å². The number of fused-ring (bicyclic) bond motifs is 1. The number of rotatable bonds is 4. The number of sulfonamides is 1. The minimum Gasteiger partial charge on any atom is -0.360 e. The summed E-state index contributed by atoms with van der Waals surface area (Å²) in [6.07, 6.45) is 1.90. The maximum absolute atomic E-state index is 13.9. The van der Waals surface area contributed by atoms with Crippen molar-refractivity contribution in [2.45, 2.75) is 62.9 Å². The maximum atomic E-state index is 13.9. The first kappa shape index (κ1) is 23.0. The van der Waals surface area contributed by atoms with Gasteiger partial charge in [0, 0.05) is 37.8 Å². The lowest BCUT2D eigenvalue weighted by atomic mass is 9.68. The summed E-state index contributed by atoms with van der Waals surface area (Å²) in [5.41, 5.74) is 0.557. The van der Waals surface area contributed by atoms with Gasteiger partial charge in [-0.25, -0.2) is 8.42 Å². The molecule has 1 aromatic carbocycles. The third-order valence-electron chi connectivity index (χ3n) is 7.39. The van der Waals surface area contributed by atoms with E-state index in [0.717, 1.165) is 12.8 Å². The molecule has 4 heterocycles. The number of hydrogen-bond acceptors (Lipinski definition) is 6. The first-order chi connectivity index (χ1) is 16.1. The van der Waals surface area contributed by atoms with Gasteiger partial charge in [0.1, 0.15) is 10.6 Å². The molecule has 0 bridgehead atoms. The minimum atomic E-state index is -3.89. The van der Waals surface area contributed by atoms with E-state index in [2.05, 4.69) is 5.16 Å². The van der Waals surface area contributed by atoms with Crippen molar-refractivity contribution in [3.05, 3.63) is 46.8 Å². The van der Waals surface area contributed by atoms with Crippen LogP contribution < -0.4 is 0 Å². The van der Waals surface area contributed by atoms with Gasteiger partial charge in [0.15, 0.2) is 5.76 Å². The molecule has 0 saturated carbocycles. The number of carbonyl (C=O) groups is 2. The number of amides is 2. The predicted octanol–water partition coefficient (Wildman–Crippen LogP) is 2.30. The molecule has 0 radical (unpaired) electrons. The van der Waals surface area contributed by atoms with Crippen molar-refractivity contribution in [2.75, 3.05) is 26.2 Å². The van der Waals surface area contributed by atoms with Crippen LogP contribution in [0.15, 0.2) is 33.7 Å². The van der Waals surface area contributed by atoms with Crippen LogP contribution in [-0.4, -0.2) is 77.3 Å². The second-order valence-electron chi connectivity index (χ2n) is 9.85. The molecule has 0 N–H and O–H groups in total. The molecule has 10 heteroatoms. The Morgan fingerprint density at radius 1 is 1.15 bits per heavy atom. The van der Waals surface area contributed by atoms with Crippen molar-refractivity contribution in [1.82, 2.24) is 19.3 Å². The van der Waals surface area contributed by atoms with E-state index in [1.165, 1.54) is 4.31 Å². The van der Waals surface area contributed by atoms with Gasteiger partial charge < -0.3 is 14.3 Å². The van der Waals surface area contributed by atoms with Crippen molar-refractivity contribution in [3.63, 3.8) is 0 Å². The van der Waals surface area contributed by atoms with E-state index < -0.39 is 21.5 Å². The summed E-state index contributed by atoms with van der Waals surface area (Å²) < 4.78 is 33.5. The fraction of sp³-hybridized carbons (Fsp3) is 0.542. The fourth-order valence-electron chi connectivity index (χ4n) is 5.98. The van der Waals surface area contributed by atoms with Crippen LogP contribution in [0.5, 0.6) is 0 Å². The number of likely N-dealkylation sites (tertiary alicyclic amines) is 1. The minimum absolute atomic E-state index is 0.0301. The van der Waals surface area contributed by atoms with Crippen LogP contribution in [0, 0.1) is 13.8 Å². The lowest BCUT2D eigenvalue weighted by molar-refractivity contribution is -0.140. The first-order valence-electron chi connectivity index (χ1n) is 11.7. The van der Waals surface area contributed by atoms with Gasteiger partial charge in [-0.2, -0.15) is 4.31 Å². The highest BCUT2D eigenvalue weighted by atomic mass is 32.2. The number of aryl methyl sites for hydroxylation is 2. The van der Waals surface area contributed by atoms with E-state index in [4.69, 9.17) is 4.52 Å². The highest BCUT2D eigenvalue weighted by Gasteiger charge is 2.64. The van der Waals surface area contributed by atoms with Gasteiger partial charge in [0.25, 0.3) is 5.91 Å². The number of hydrogen-bond donors (Lipinski definition) is 0. The van der Waals surface area contributed by atoms with Gasteiger partial charge in [-0.15, -0.1) is 0 Å². The van der Waals surface area contributed by atoms with Gasteiger partial charge in [-0.05, 0) is 52.2 Å². The standard InChI is InChI=1S/C24H30N4O5S/c1-15(2)28-22(29)19-10-6-5-9-18(19)20(23(30)26-11-7-8-12-26)24(28)13-27(14-24)34(31,32)21-16(3)25-33-17(21)4/h5-6,9-10,15,20H,7-8,11-14H2,1-4H3. The molecule has 34 heavy (non-hydrogen) atoms. The molecular weight excluding hydrogens is 456 g/mol. The molecule has 1 atom stereocenters. The smallest absolute Gasteiger partial charge is 0.254 e. The Kier molecular flexibility index (Phi) is 5.36. The van der Waals surface area contributed by atoms with Crippen LogP contribution in [-0.2, 0) is 14.8 Å². The summed E-state index contributed by atoms with van der Waals surface area (Å²) in [4.78, 5) is 31.3. The normalized spacial score (nSPS) is 22.4. The maximum Gasteiger partial charge on any atom is 0.254 e. The number of nitrogens with zero attached hydrogens (tertiary/aromatic N) is 4. The number of aromatic nitrogens is 1. The third kappa shape index (κ3) is 3.15. The molecule has 3 aliphatic rings. The summed E-state index contributed by atoms with van der Waals surface area (Å²) in [5.74, 6) is -0.588. The number of carbonyl (C=O) groups excluding carboxylic acids is 2. The fourth-order valence-corrected chi connectivity index (χ4v) is 7.83. The Hall–Kier alpha value is -2.72. The monoisotopic (exact) mass is 486 g/mol. The summed E-state index contributed by atoms with van der Waals surface area (Å²) in [5, 5.41) is 3.80. The van der Waals surface area contributed by atoms with Crippen molar-refractivity contribution in [1.29, 1.82) is 0 Å². The van der Waals surface area contributed by atoms with Crippen LogP contribution in [0.25, 0.3) is 0 Å². The van der Waals surface area contributed by atoms with E-state index in [1.54, 1.807) is 30.9 Å². The predicted molar refractivity (Wildman–Crippen MR) is 124 cm³/mol. The zero-order valence-corrected chi connectivity index (χ0v) is 20.8. The zero-order valence-electron chi connectivity index (χ0n) is 19.9. The summed E-state index contributed by atoms with van der Waals surface area (Å²) in [6, 6.07) is 7.04. The van der Waals surface area contributed by atoms with E-state index in [0.29, 0.717) is 29.9 Å². The Morgan fingerprint density at radius 2 is 1.79 bits per heavy atom. The van der Waals surface area contributed by atoms with Crippen LogP contribution in [0.2, 0.25) is 0 Å². The molecule has 9 nitrogen and oxygen atoms in total. The Morgan fingerprint density at radius 3 is 2.38 bits per heavy atom. The van der Waals surface area contributed by atoms with Crippen molar-refractivity contribution in [3.8, 4) is 0 Å². The molecule has 1 spiro atoms. The molecule has 2 aromatic rings. The molecule has 182 valence electrons. The van der Waals surface area contributed by atoms with E-state index in [1.807, 2.05) is 30.9 Å². The van der Waals surface area contributed by atoms with E-state index >= 15 is 0 Å². The number of benzene rings is 1. The highest BCUT2D eigenvalue weighted by Crippen LogP contribution is 2.50. The van der Waals surface area contributed by atoms with Crippen molar-refractivity contribution >= 4 is 21.8 Å². The largest absolute Gasteiger partial charge is 0.360 e. The van der Waals surface area contributed by atoms with Crippen molar-refractivity contribution < 1.29 is 22.5 Å². The average molecular weight is 487 g/mol. The molecule has 2 saturated heterocycles. The molecule has 5 rings (SSSR count). The van der Waals surface area contributed by atoms with Crippen LogP contribution in [0.3, 0.4) is 0 Å². The van der Waals surface area contributed by atoms with Gasteiger partial charge in [0.05, 0.1) is 11.5 Å². The highest BCUT2D eigenvalue weighted by molar-refractivity contribution is 7.89. The van der Waals surface area contributed by atoms with Crippen molar-refractivity contribution in [2.24, 2.45) is 0 Å². The average Bonchev–Trinajstić information content (AvgIpc) is 3.41. The molecular formula is C24H30N4O5S. The van der Waals surface area contributed by atoms with Crippen LogP contribution in [0.4, 0.5) is 0 Å². The lowest BCUT2D eigenvalue weighted by Crippen LogP contribution is -2.78. The zero-order chi connectivity index (χ0) is 24.4. The topological polar surface area (TPSA) is 104 Å². The van der Waals surface area contributed by atoms with Gasteiger partial charge in [-0.1, -0.05) is 23.4 Å². The summed E-state index contributed by atoms with van der Waals surface area (Å²) >= 11 is 0. The molecule has 0 aliphatic carbocycles. The van der Waals surface area contributed by atoms with E-state index in [9.17, 15) is 18.0 Å². The Balaban J connectivity index is 1.61. The quantitative estimate of drug-likeness (QED) is 0.657. The van der Waals surface area contributed by atoms with Crippen LogP contribution in [0.1, 0.15) is 60.0 Å². The third-order valence-corrected chi connectivity index (χ3v) is 9.42. The van der Waals surface area contributed by atoms with E-state index in [-0.39, 0.29) is 41.6 Å². The second kappa shape index (κ2) is 7.91. The summed E-state index contributed by atoms with van der Waals surface area (Å²) in [7, 11) is -3.89. The van der Waals surface area contributed by atoms with Gasteiger partial charge in [0.2, 0.25) is 15.9 Å². The lowest BCUT2D eigenvalue weighted by Gasteiger charge is -2.61.